The molecular formula is C21H23N3O4. The average Bonchev–Trinajstić information content (AvgIpc) is 2.69. The quantitative estimate of drug-likeness (QED) is 0.836. The number of rotatable bonds is 4. The number of ether oxygens (including phenoxy) is 2. The van der Waals surface area contributed by atoms with Crippen molar-refractivity contribution in [2.24, 2.45) is 11.5 Å². The predicted molar refractivity (Wildman–Crippen MR) is 104 cm³/mol. The molecule has 146 valence electrons. The minimum absolute atomic E-state index is 0.129. The zero-order valence-electron chi connectivity index (χ0n) is 16.0. The molecule has 0 spiro atoms. The second-order valence-corrected chi connectivity index (χ2v) is 7.20. The van der Waals surface area contributed by atoms with Crippen molar-refractivity contribution in [2.45, 2.75) is 25.4 Å². The maximum absolute atomic E-state index is 11.9. The molecule has 4 rings (SSSR count). The van der Waals surface area contributed by atoms with Gasteiger partial charge in [-0.05, 0) is 47.7 Å². The Morgan fingerprint density at radius 3 is 2.43 bits per heavy atom. The summed E-state index contributed by atoms with van der Waals surface area (Å²) in [6.45, 7) is 1.52. The molecule has 2 aromatic rings. The van der Waals surface area contributed by atoms with Gasteiger partial charge in [0.2, 0.25) is 0 Å². The van der Waals surface area contributed by atoms with Crippen LogP contribution in [0.4, 0.5) is 0 Å². The number of carbonyl (C=O) groups is 2. The van der Waals surface area contributed by atoms with Crippen LogP contribution < -0.4 is 20.9 Å². The van der Waals surface area contributed by atoms with Gasteiger partial charge in [-0.3, -0.25) is 14.5 Å². The van der Waals surface area contributed by atoms with Gasteiger partial charge in [-0.2, -0.15) is 0 Å². The van der Waals surface area contributed by atoms with E-state index in [4.69, 9.17) is 20.9 Å². The molecule has 28 heavy (non-hydrogen) atoms. The topological polar surface area (TPSA) is 108 Å². The summed E-state index contributed by atoms with van der Waals surface area (Å²) in [6.07, 6.45) is 1.59. The second-order valence-electron chi connectivity index (χ2n) is 7.20. The van der Waals surface area contributed by atoms with E-state index in [0.717, 1.165) is 36.1 Å². The molecule has 0 saturated heterocycles. The Morgan fingerprint density at radius 2 is 1.79 bits per heavy atom. The molecule has 7 nitrogen and oxygen atoms in total. The molecule has 0 bridgehead atoms. The van der Waals surface area contributed by atoms with Gasteiger partial charge in [-0.25, -0.2) is 0 Å². The summed E-state index contributed by atoms with van der Waals surface area (Å²) < 4.78 is 10.9. The Bertz CT molecular complexity index is 986. The maximum Gasteiger partial charge on any atom is 0.252 e. The molecule has 2 amide bonds. The first-order valence-electron chi connectivity index (χ1n) is 9.17. The fourth-order valence-corrected chi connectivity index (χ4v) is 4.44. The molecule has 0 aliphatic carbocycles. The molecule has 0 radical (unpaired) electrons. The fourth-order valence-electron chi connectivity index (χ4n) is 4.44. The van der Waals surface area contributed by atoms with Crippen LogP contribution in [0.5, 0.6) is 11.5 Å². The van der Waals surface area contributed by atoms with Crippen LogP contribution >= 0.6 is 0 Å². The number of benzene rings is 2. The Labute approximate surface area is 163 Å². The molecule has 7 heteroatoms. The summed E-state index contributed by atoms with van der Waals surface area (Å²) in [5.41, 5.74) is 16.3. The number of hydrogen-bond donors (Lipinski definition) is 2. The van der Waals surface area contributed by atoms with Gasteiger partial charge < -0.3 is 20.9 Å². The van der Waals surface area contributed by atoms with Gasteiger partial charge in [-0.15, -0.1) is 0 Å². The van der Waals surface area contributed by atoms with Crippen LogP contribution in [0.1, 0.15) is 49.0 Å². The molecule has 2 aliphatic heterocycles. The largest absolute Gasteiger partial charge is 0.496 e. The van der Waals surface area contributed by atoms with Crippen molar-refractivity contribution in [3.05, 3.63) is 57.6 Å². The van der Waals surface area contributed by atoms with Crippen LogP contribution in [0.2, 0.25) is 0 Å². The first kappa shape index (κ1) is 18.3. The number of fused-ring (bicyclic) bond motifs is 4. The van der Waals surface area contributed by atoms with E-state index in [1.807, 2.05) is 18.2 Å². The lowest BCUT2D eigenvalue weighted by molar-refractivity contribution is 0.0988. The van der Waals surface area contributed by atoms with Crippen LogP contribution in [-0.4, -0.2) is 37.5 Å². The van der Waals surface area contributed by atoms with Crippen LogP contribution in [-0.2, 0) is 19.4 Å². The highest BCUT2D eigenvalue weighted by atomic mass is 16.5. The summed E-state index contributed by atoms with van der Waals surface area (Å²) in [6, 6.07) is 7.60. The minimum atomic E-state index is -0.499. The van der Waals surface area contributed by atoms with Crippen molar-refractivity contribution in [3.8, 4) is 11.5 Å². The molecule has 2 heterocycles. The number of carbonyl (C=O) groups excluding carboxylic acids is 2. The van der Waals surface area contributed by atoms with Crippen LogP contribution in [0.25, 0.3) is 0 Å². The average molecular weight is 381 g/mol. The third kappa shape index (κ3) is 2.79. The van der Waals surface area contributed by atoms with E-state index in [9.17, 15) is 9.59 Å². The number of nitrogens with zero attached hydrogens (tertiary/aromatic N) is 1. The summed E-state index contributed by atoms with van der Waals surface area (Å²) in [7, 11) is 3.10. The summed E-state index contributed by atoms with van der Waals surface area (Å²) >= 11 is 0. The molecule has 4 N–H and O–H groups in total. The molecule has 0 aromatic heterocycles. The summed E-state index contributed by atoms with van der Waals surface area (Å²) in [4.78, 5) is 26.0. The number of methoxy groups -OCH3 is 2. The number of hydrogen-bond acceptors (Lipinski definition) is 5. The number of amides is 2. The fraction of sp³-hybridized carbons (Fsp3) is 0.333. The highest BCUT2D eigenvalue weighted by Crippen LogP contribution is 2.43. The highest BCUT2D eigenvalue weighted by Gasteiger charge is 2.35. The van der Waals surface area contributed by atoms with E-state index in [2.05, 4.69) is 4.90 Å². The van der Waals surface area contributed by atoms with E-state index < -0.39 is 11.8 Å². The van der Waals surface area contributed by atoms with Gasteiger partial charge >= 0.3 is 0 Å². The second kappa shape index (κ2) is 6.83. The van der Waals surface area contributed by atoms with Gasteiger partial charge in [-0.1, -0.05) is 6.07 Å². The Morgan fingerprint density at radius 1 is 1.04 bits per heavy atom. The molecular weight excluding hydrogens is 358 g/mol. The lowest BCUT2D eigenvalue weighted by Gasteiger charge is -2.42. The molecule has 0 unspecified atom stereocenters. The van der Waals surface area contributed by atoms with E-state index in [0.29, 0.717) is 29.2 Å². The highest BCUT2D eigenvalue weighted by molar-refractivity contribution is 5.97. The lowest BCUT2D eigenvalue weighted by Crippen LogP contribution is -2.40. The van der Waals surface area contributed by atoms with Crippen LogP contribution in [0.3, 0.4) is 0 Å². The summed E-state index contributed by atoms with van der Waals surface area (Å²) in [5.74, 6) is 0.0789. The monoisotopic (exact) mass is 381 g/mol. The van der Waals surface area contributed by atoms with Crippen molar-refractivity contribution in [3.63, 3.8) is 0 Å². The molecule has 0 saturated carbocycles. The molecule has 1 atom stereocenters. The predicted octanol–water partition coefficient (Wildman–Crippen LogP) is 1.56. The van der Waals surface area contributed by atoms with Gasteiger partial charge in [0.05, 0.1) is 25.3 Å². The third-order valence-corrected chi connectivity index (χ3v) is 5.80. The smallest absolute Gasteiger partial charge is 0.252 e. The first-order chi connectivity index (χ1) is 13.4. The molecule has 2 aliphatic rings. The van der Waals surface area contributed by atoms with Crippen molar-refractivity contribution >= 4 is 11.8 Å². The third-order valence-electron chi connectivity index (χ3n) is 5.80. The van der Waals surface area contributed by atoms with Gasteiger partial charge in [0.1, 0.15) is 11.5 Å². The number of primary amides is 2. The SMILES string of the molecule is COc1cc2c(cc1C(N)=O)[C@@H]1Cc3ccc(C(N)=O)c(OC)c3CN1CC2. The summed E-state index contributed by atoms with van der Waals surface area (Å²) in [5, 5.41) is 0. The Kier molecular flexibility index (Phi) is 4.47. The maximum atomic E-state index is 11.9. The van der Waals surface area contributed by atoms with Crippen LogP contribution in [0.15, 0.2) is 24.3 Å². The minimum Gasteiger partial charge on any atom is -0.496 e. The normalized spacial score (nSPS) is 17.9. The zero-order chi connectivity index (χ0) is 20.0. The van der Waals surface area contributed by atoms with Gasteiger partial charge in [0.25, 0.3) is 11.8 Å². The molecule has 0 fully saturated rings. The van der Waals surface area contributed by atoms with E-state index in [-0.39, 0.29) is 6.04 Å². The van der Waals surface area contributed by atoms with Crippen molar-refractivity contribution in [1.29, 1.82) is 0 Å². The van der Waals surface area contributed by atoms with Gasteiger partial charge in [0.15, 0.2) is 0 Å². The van der Waals surface area contributed by atoms with Crippen molar-refractivity contribution < 1.29 is 19.1 Å². The Hall–Kier alpha value is -3.06. The molecule has 2 aromatic carbocycles. The lowest BCUT2D eigenvalue weighted by atomic mass is 9.82. The van der Waals surface area contributed by atoms with Gasteiger partial charge in [0, 0.05) is 24.7 Å². The van der Waals surface area contributed by atoms with E-state index in [1.54, 1.807) is 20.3 Å². The van der Waals surface area contributed by atoms with Crippen molar-refractivity contribution in [2.75, 3.05) is 20.8 Å². The number of nitrogens with two attached hydrogens (primary N) is 2. The van der Waals surface area contributed by atoms with Crippen LogP contribution in [0, 0.1) is 0 Å². The standard InChI is InChI=1S/C21H23N3O4/c1-27-18-8-12-5-6-24-10-16-11(3-4-13(20(22)25)19(16)28-2)7-17(24)14(12)9-15(18)21(23)26/h3-4,8-9,17H,5-7,10H2,1-2H3,(H2,22,25)(H2,23,26)/t17-/m0/s1. The Balaban J connectivity index is 1.79. The van der Waals surface area contributed by atoms with Crippen molar-refractivity contribution in [1.82, 2.24) is 4.90 Å². The zero-order valence-corrected chi connectivity index (χ0v) is 16.0. The first-order valence-corrected chi connectivity index (χ1v) is 9.17. The van der Waals surface area contributed by atoms with E-state index >= 15 is 0 Å². The van der Waals surface area contributed by atoms with E-state index in [1.165, 1.54) is 5.56 Å².